The summed E-state index contributed by atoms with van der Waals surface area (Å²) in [6.07, 6.45) is 0. The van der Waals surface area contributed by atoms with Crippen molar-refractivity contribution in [3.63, 3.8) is 0 Å². The Morgan fingerprint density at radius 2 is 1.88 bits per heavy atom. The fourth-order valence-electron chi connectivity index (χ4n) is 3.03. The fraction of sp³-hybridized carbons (Fsp3) is 0.263. The molecule has 0 unspecified atom stereocenters. The van der Waals surface area contributed by atoms with Crippen molar-refractivity contribution in [3.05, 3.63) is 63.5 Å². The predicted octanol–water partition coefficient (Wildman–Crippen LogP) is 3.97. The van der Waals surface area contributed by atoms with Crippen molar-refractivity contribution in [1.82, 2.24) is 14.8 Å². The van der Waals surface area contributed by atoms with Crippen LogP contribution in [-0.2, 0) is 6.54 Å². The van der Waals surface area contributed by atoms with Crippen LogP contribution in [0.3, 0.4) is 0 Å². The molecule has 1 aliphatic heterocycles. The SMILES string of the molecule is O=C(c1ccccc1F)N1CCN(Cc2nc(-c3cccs3)cs2)CC1. The molecule has 134 valence electrons. The molecule has 4 rings (SSSR count). The third-order valence-corrected chi connectivity index (χ3v) is 6.17. The zero-order chi connectivity index (χ0) is 17.9. The summed E-state index contributed by atoms with van der Waals surface area (Å²) in [7, 11) is 0. The van der Waals surface area contributed by atoms with Crippen molar-refractivity contribution < 1.29 is 9.18 Å². The smallest absolute Gasteiger partial charge is 0.256 e. The van der Waals surface area contributed by atoms with Crippen molar-refractivity contribution >= 4 is 28.6 Å². The normalized spacial score (nSPS) is 15.3. The highest BCUT2D eigenvalue weighted by molar-refractivity contribution is 7.14. The number of aromatic nitrogens is 1. The van der Waals surface area contributed by atoms with Gasteiger partial charge in [0.25, 0.3) is 5.91 Å². The lowest BCUT2D eigenvalue weighted by molar-refractivity contribution is 0.0624. The Morgan fingerprint density at radius 3 is 2.62 bits per heavy atom. The van der Waals surface area contributed by atoms with Gasteiger partial charge in [-0.25, -0.2) is 9.37 Å². The van der Waals surface area contributed by atoms with Crippen LogP contribution in [0.2, 0.25) is 0 Å². The van der Waals surface area contributed by atoms with Gasteiger partial charge < -0.3 is 4.90 Å². The van der Waals surface area contributed by atoms with Gasteiger partial charge in [0.05, 0.1) is 22.7 Å². The minimum atomic E-state index is -0.455. The zero-order valence-corrected chi connectivity index (χ0v) is 15.7. The second kappa shape index (κ2) is 7.65. The Kier molecular flexibility index (Phi) is 5.10. The first-order chi connectivity index (χ1) is 12.7. The monoisotopic (exact) mass is 387 g/mol. The van der Waals surface area contributed by atoms with E-state index in [0.29, 0.717) is 13.1 Å². The number of piperazine rings is 1. The van der Waals surface area contributed by atoms with Gasteiger partial charge >= 0.3 is 0 Å². The number of thiazole rings is 1. The van der Waals surface area contributed by atoms with E-state index in [1.165, 1.54) is 10.9 Å². The second-order valence-electron chi connectivity index (χ2n) is 6.15. The molecule has 0 atom stereocenters. The Morgan fingerprint density at radius 1 is 1.08 bits per heavy atom. The number of hydrogen-bond donors (Lipinski definition) is 0. The van der Waals surface area contributed by atoms with Crippen molar-refractivity contribution in [1.29, 1.82) is 0 Å². The van der Waals surface area contributed by atoms with E-state index >= 15 is 0 Å². The molecule has 1 aromatic carbocycles. The first-order valence-corrected chi connectivity index (χ1v) is 10.2. The standard InChI is InChI=1S/C19H18FN3OS2/c20-15-5-2-1-4-14(15)19(24)23-9-7-22(8-10-23)12-18-21-16(13-26-18)17-6-3-11-25-17/h1-6,11,13H,7-10,12H2. The van der Waals surface area contributed by atoms with Crippen molar-refractivity contribution in [2.45, 2.75) is 6.54 Å². The van der Waals surface area contributed by atoms with Crippen LogP contribution in [0.15, 0.2) is 47.2 Å². The minimum absolute atomic E-state index is 0.154. The van der Waals surface area contributed by atoms with E-state index in [4.69, 9.17) is 4.98 Å². The molecular formula is C19H18FN3OS2. The molecular weight excluding hydrogens is 369 g/mol. The van der Waals surface area contributed by atoms with Crippen molar-refractivity contribution in [3.8, 4) is 10.6 Å². The van der Waals surface area contributed by atoms with Crippen LogP contribution in [0, 0.1) is 5.82 Å². The molecule has 0 aliphatic carbocycles. The highest BCUT2D eigenvalue weighted by atomic mass is 32.1. The Balaban J connectivity index is 1.34. The van der Waals surface area contributed by atoms with Gasteiger partial charge in [0.15, 0.2) is 0 Å². The van der Waals surface area contributed by atoms with Crippen molar-refractivity contribution in [2.75, 3.05) is 26.2 Å². The molecule has 0 bridgehead atoms. The van der Waals surface area contributed by atoms with Crippen LogP contribution in [-0.4, -0.2) is 46.9 Å². The highest BCUT2D eigenvalue weighted by Gasteiger charge is 2.24. The molecule has 3 heterocycles. The van der Waals surface area contributed by atoms with Crippen molar-refractivity contribution in [2.24, 2.45) is 0 Å². The third-order valence-electron chi connectivity index (χ3n) is 4.45. The lowest BCUT2D eigenvalue weighted by Crippen LogP contribution is -2.48. The second-order valence-corrected chi connectivity index (χ2v) is 8.04. The number of benzene rings is 1. The minimum Gasteiger partial charge on any atom is -0.336 e. The molecule has 2 aromatic heterocycles. The number of carbonyl (C=O) groups is 1. The molecule has 7 heteroatoms. The largest absolute Gasteiger partial charge is 0.336 e. The number of rotatable bonds is 4. The van der Waals surface area contributed by atoms with Crippen LogP contribution in [0.4, 0.5) is 4.39 Å². The Labute approximate surface area is 159 Å². The van der Waals surface area contributed by atoms with Gasteiger partial charge in [-0.05, 0) is 23.6 Å². The van der Waals surface area contributed by atoms with E-state index in [0.717, 1.165) is 30.3 Å². The maximum atomic E-state index is 13.8. The number of halogens is 1. The number of hydrogen-bond acceptors (Lipinski definition) is 5. The average Bonchev–Trinajstić information content (AvgIpc) is 3.34. The summed E-state index contributed by atoms with van der Waals surface area (Å²) in [6, 6.07) is 10.3. The summed E-state index contributed by atoms with van der Waals surface area (Å²) in [5.74, 6) is -0.680. The van der Waals surface area contributed by atoms with Crippen LogP contribution in [0.5, 0.6) is 0 Å². The van der Waals surface area contributed by atoms with Gasteiger partial charge in [-0.2, -0.15) is 0 Å². The zero-order valence-electron chi connectivity index (χ0n) is 14.1. The van der Waals surface area contributed by atoms with E-state index < -0.39 is 5.82 Å². The summed E-state index contributed by atoms with van der Waals surface area (Å²) in [6.45, 7) is 3.55. The lowest BCUT2D eigenvalue weighted by atomic mass is 10.1. The molecule has 0 radical (unpaired) electrons. The molecule has 1 amide bonds. The number of nitrogens with zero attached hydrogens (tertiary/aromatic N) is 3. The quantitative estimate of drug-likeness (QED) is 0.680. The Hall–Kier alpha value is -2.09. The van der Waals surface area contributed by atoms with Crippen LogP contribution in [0.25, 0.3) is 10.6 Å². The molecule has 1 saturated heterocycles. The topological polar surface area (TPSA) is 36.4 Å². The third kappa shape index (κ3) is 3.70. The van der Waals surface area contributed by atoms with E-state index in [9.17, 15) is 9.18 Å². The van der Waals surface area contributed by atoms with Gasteiger partial charge in [-0.15, -0.1) is 22.7 Å². The summed E-state index contributed by atoms with van der Waals surface area (Å²) in [5.41, 5.74) is 1.19. The summed E-state index contributed by atoms with van der Waals surface area (Å²) in [5, 5.41) is 5.24. The van der Waals surface area contributed by atoms with Gasteiger partial charge in [0, 0.05) is 31.6 Å². The number of thiophene rings is 1. The van der Waals surface area contributed by atoms with Crippen LogP contribution >= 0.6 is 22.7 Å². The molecule has 0 N–H and O–H groups in total. The van der Waals surface area contributed by atoms with E-state index in [1.54, 1.807) is 45.8 Å². The molecule has 1 aliphatic rings. The highest BCUT2D eigenvalue weighted by Crippen LogP contribution is 2.26. The first kappa shape index (κ1) is 17.3. The van der Waals surface area contributed by atoms with Gasteiger partial charge in [0.1, 0.15) is 10.8 Å². The average molecular weight is 388 g/mol. The van der Waals surface area contributed by atoms with Gasteiger partial charge in [-0.3, -0.25) is 9.69 Å². The van der Waals surface area contributed by atoms with E-state index in [2.05, 4.69) is 21.7 Å². The summed E-state index contributed by atoms with van der Waals surface area (Å²) >= 11 is 3.36. The van der Waals surface area contributed by atoms with E-state index in [1.807, 2.05) is 6.07 Å². The predicted molar refractivity (Wildman–Crippen MR) is 103 cm³/mol. The van der Waals surface area contributed by atoms with Gasteiger partial charge in [0.2, 0.25) is 0 Å². The molecule has 0 saturated carbocycles. The lowest BCUT2D eigenvalue weighted by Gasteiger charge is -2.34. The first-order valence-electron chi connectivity index (χ1n) is 8.45. The number of carbonyl (C=O) groups excluding carboxylic acids is 1. The Bertz CT molecular complexity index is 886. The van der Waals surface area contributed by atoms with Crippen LogP contribution in [0.1, 0.15) is 15.4 Å². The maximum Gasteiger partial charge on any atom is 0.256 e. The summed E-state index contributed by atoms with van der Waals surface area (Å²) < 4.78 is 13.8. The van der Waals surface area contributed by atoms with Crippen LogP contribution < -0.4 is 0 Å². The summed E-state index contributed by atoms with van der Waals surface area (Å²) in [4.78, 5) is 22.4. The fourth-order valence-corrected chi connectivity index (χ4v) is 4.62. The van der Waals surface area contributed by atoms with Gasteiger partial charge in [-0.1, -0.05) is 18.2 Å². The molecule has 3 aromatic rings. The van der Waals surface area contributed by atoms with E-state index in [-0.39, 0.29) is 11.5 Å². The molecule has 26 heavy (non-hydrogen) atoms. The molecule has 1 fully saturated rings. The molecule has 4 nitrogen and oxygen atoms in total. The maximum absolute atomic E-state index is 13.8. The number of amides is 1. The molecule has 0 spiro atoms.